The van der Waals surface area contributed by atoms with Gasteiger partial charge in [0.15, 0.2) is 0 Å². The number of carbonyl (C=O) groups is 1. The number of hydrogen-bond donors (Lipinski definition) is 1. The van der Waals surface area contributed by atoms with Gasteiger partial charge in [-0.05, 0) is 46.9 Å². The second-order valence-corrected chi connectivity index (χ2v) is 6.57. The summed E-state index contributed by atoms with van der Waals surface area (Å²) in [7, 11) is 0. The van der Waals surface area contributed by atoms with Crippen molar-refractivity contribution in [2.75, 3.05) is 5.32 Å². The van der Waals surface area contributed by atoms with Crippen LogP contribution in [0.3, 0.4) is 0 Å². The van der Waals surface area contributed by atoms with Crippen LogP contribution in [-0.2, 0) is 0 Å². The lowest BCUT2D eigenvalue weighted by atomic mass is 10.2. The van der Waals surface area contributed by atoms with Crippen molar-refractivity contribution in [2.45, 2.75) is 0 Å². The fraction of sp³-hybridized carbons (Fsp3) is 0. The Morgan fingerprint density at radius 2 is 1.74 bits per heavy atom. The van der Waals surface area contributed by atoms with E-state index in [1.54, 1.807) is 18.2 Å². The third kappa shape index (κ3) is 3.62. The third-order valence-electron chi connectivity index (χ3n) is 2.36. The Morgan fingerprint density at radius 1 is 1.16 bits per heavy atom. The summed E-state index contributed by atoms with van der Waals surface area (Å²) in [5.74, 6) is -0.240. The molecule has 0 heterocycles. The first kappa shape index (κ1) is 15.1. The smallest absolute Gasteiger partial charge is 0.256 e. The van der Waals surface area contributed by atoms with Gasteiger partial charge in [0.05, 0.1) is 21.3 Å². The van der Waals surface area contributed by atoms with Crippen LogP contribution in [0, 0.1) is 3.57 Å². The zero-order valence-electron chi connectivity index (χ0n) is 9.38. The second kappa shape index (κ2) is 6.43. The van der Waals surface area contributed by atoms with E-state index in [2.05, 4.69) is 43.8 Å². The molecule has 1 amide bonds. The van der Waals surface area contributed by atoms with Crippen molar-refractivity contribution in [3.63, 3.8) is 0 Å². The lowest BCUT2D eigenvalue weighted by Crippen LogP contribution is -2.14. The molecule has 0 unspecified atom stereocenters. The van der Waals surface area contributed by atoms with Gasteiger partial charge in [0.25, 0.3) is 5.91 Å². The Labute approximate surface area is 142 Å². The van der Waals surface area contributed by atoms with Gasteiger partial charge in [0.1, 0.15) is 0 Å². The number of hydrogen-bond acceptors (Lipinski definition) is 1. The van der Waals surface area contributed by atoms with Crippen LogP contribution < -0.4 is 5.32 Å². The van der Waals surface area contributed by atoms with E-state index in [9.17, 15) is 4.79 Å². The fourth-order valence-electron chi connectivity index (χ4n) is 1.49. The molecule has 0 radical (unpaired) electrons. The number of amides is 1. The highest BCUT2D eigenvalue weighted by molar-refractivity contribution is 14.1. The van der Waals surface area contributed by atoms with Gasteiger partial charge in [-0.2, -0.15) is 0 Å². The minimum Gasteiger partial charge on any atom is -0.319 e. The average Bonchev–Trinajstić information content (AvgIpc) is 2.34. The molecule has 2 aromatic carbocycles. The van der Waals surface area contributed by atoms with Crippen LogP contribution in [-0.4, -0.2) is 5.91 Å². The first-order chi connectivity index (χ1) is 8.99. The maximum atomic E-state index is 12.2. The van der Waals surface area contributed by atoms with E-state index in [0.717, 1.165) is 8.04 Å². The van der Waals surface area contributed by atoms with Crippen LogP contribution in [0.15, 0.2) is 40.9 Å². The van der Waals surface area contributed by atoms with Crippen molar-refractivity contribution < 1.29 is 4.79 Å². The van der Waals surface area contributed by atoms with E-state index in [1.807, 2.05) is 18.2 Å². The van der Waals surface area contributed by atoms with Gasteiger partial charge in [0, 0.05) is 8.04 Å². The molecular weight excluding hydrogens is 464 g/mol. The maximum Gasteiger partial charge on any atom is 0.256 e. The second-order valence-electron chi connectivity index (χ2n) is 3.68. The number of anilines is 1. The summed E-state index contributed by atoms with van der Waals surface area (Å²) in [4.78, 5) is 12.2. The molecule has 0 aromatic heterocycles. The number of nitrogens with one attached hydrogen (secondary N) is 1. The van der Waals surface area contributed by atoms with Crippen molar-refractivity contribution in [3.8, 4) is 0 Å². The summed E-state index contributed by atoms with van der Waals surface area (Å²) in [6.07, 6.45) is 0. The highest BCUT2D eigenvalue weighted by atomic mass is 127. The summed E-state index contributed by atoms with van der Waals surface area (Å²) in [6.45, 7) is 0. The molecular formula is C13H7BrCl2INO. The van der Waals surface area contributed by atoms with Crippen LogP contribution in [0.4, 0.5) is 5.69 Å². The van der Waals surface area contributed by atoms with E-state index in [-0.39, 0.29) is 5.91 Å². The van der Waals surface area contributed by atoms with Crippen LogP contribution in [0.5, 0.6) is 0 Å². The SMILES string of the molecule is O=C(Nc1c(Cl)cc(Br)cc1Cl)c1ccccc1I. The van der Waals surface area contributed by atoms with E-state index >= 15 is 0 Å². The van der Waals surface area contributed by atoms with Gasteiger partial charge >= 0.3 is 0 Å². The summed E-state index contributed by atoms with van der Waals surface area (Å²) in [5.41, 5.74) is 0.995. The first-order valence-corrected chi connectivity index (χ1v) is 7.82. The number of benzene rings is 2. The molecule has 0 bridgehead atoms. The van der Waals surface area contributed by atoms with E-state index in [0.29, 0.717) is 21.3 Å². The van der Waals surface area contributed by atoms with E-state index < -0.39 is 0 Å². The molecule has 0 spiro atoms. The molecule has 0 saturated heterocycles. The predicted octanol–water partition coefficient (Wildman–Crippen LogP) is 5.61. The van der Waals surface area contributed by atoms with E-state index in [4.69, 9.17) is 23.2 Å². The normalized spacial score (nSPS) is 10.3. The number of halogens is 4. The topological polar surface area (TPSA) is 29.1 Å². The molecule has 1 N–H and O–H groups in total. The molecule has 0 atom stereocenters. The molecule has 0 aliphatic carbocycles. The number of carbonyl (C=O) groups excluding carboxylic acids is 1. The Bertz CT molecular complexity index is 625. The summed E-state index contributed by atoms with van der Waals surface area (Å²) >= 11 is 17.5. The van der Waals surface area contributed by atoms with Crippen LogP contribution >= 0.6 is 61.7 Å². The summed E-state index contributed by atoms with van der Waals surface area (Å²) in [6, 6.07) is 10.6. The average molecular weight is 471 g/mol. The van der Waals surface area contributed by atoms with Crippen LogP contribution in [0.1, 0.15) is 10.4 Å². The third-order valence-corrected chi connectivity index (χ3v) is 4.36. The molecule has 19 heavy (non-hydrogen) atoms. The monoisotopic (exact) mass is 469 g/mol. The largest absolute Gasteiger partial charge is 0.319 e. The Hall–Kier alpha value is -0.300. The van der Waals surface area contributed by atoms with E-state index in [1.165, 1.54) is 0 Å². The minimum absolute atomic E-state index is 0.240. The van der Waals surface area contributed by atoms with Crippen LogP contribution in [0.25, 0.3) is 0 Å². The van der Waals surface area contributed by atoms with Gasteiger partial charge < -0.3 is 5.32 Å². The molecule has 0 fully saturated rings. The molecule has 2 aromatic rings. The molecule has 0 aliphatic heterocycles. The van der Waals surface area contributed by atoms with Gasteiger partial charge in [-0.15, -0.1) is 0 Å². The number of rotatable bonds is 2. The molecule has 0 aliphatic rings. The lowest BCUT2D eigenvalue weighted by molar-refractivity contribution is 0.102. The Balaban J connectivity index is 2.32. The standard InChI is InChI=1S/C13H7BrCl2INO/c14-7-5-9(15)12(10(16)6-7)18-13(19)8-3-1-2-4-11(8)17/h1-6H,(H,18,19). The summed E-state index contributed by atoms with van der Waals surface area (Å²) in [5, 5.41) is 3.51. The molecule has 2 rings (SSSR count). The van der Waals surface area contributed by atoms with Gasteiger partial charge in [-0.25, -0.2) is 0 Å². The lowest BCUT2D eigenvalue weighted by Gasteiger charge is -2.10. The Kier molecular flexibility index (Phi) is 5.11. The maximum absolute atomic E-state index is 12.2. The predicted molar refractivity (Wildman–Crippen MR) is 91.3 cm³/mol. The minimum atomic E-state index is -0.240. The molecule has 98 valence electrons. The first-order valence-electron chi connectivity index (χ1n) is 5.19. The Morgan fingerprint density at radius 3 is 2.32 bits per heavy atom. The summed E-state index contributed by atoms with van der Waals surface area (Å²) < 4.78 is 1.62. The molecule has 0 saturated carbocycles. The fourth-order valence-corrected chi connectivity index (χ4v) is 3.42. The zero-order chi connectivity index (χ0) is 14.0. The zero-order valence-corrected chi connectivity index (χ0v) is 14.6. The van der Waals surface area contributed by atoms with Crippen molar-refractivity contribution in [3.05, 3.63) is 60.0 Å². The quantitative estimate of drug-likeness (QED) is 0.568. The highest BCUT2D eigenvalue weighted by Gasteiger charge is 2.14. The molecule has 2 nitrogen and oxygen atoms in total. The van der Waals surface area contributed by atoms with Crippen LogP contribution in [0.2, 0.25) is 10.0 Å². The van der Waals surface area contributed by atoms with Gasteiger partial charge in [0.2, 0.25) is 0 Å². The van der Waals surface area contributed by atoms with Crippen molar-refractivity contribution in [2.24, 2.45) is 0 Å². The van der Waals surface area contributed by atoms with Gasteiger partial charge in [-0.3, -0.25) is 4.79 Å². The van der Waals surface area contributed by atoms with Crippen molar-refractivity contribution >= 4 is 73.3 Å². The van der Waals surface area contributed by atoms with Gasteiger partial charge in [-0.1, -0.05) is 51.3 Å². The molecule has 6 heteroatoms. The van der Waals surface area contributed by atoms with Crippen molar-refractivity contribution in [1.82, 2.24) is 0 Å². The highest BCUT2D eigenvalue weighted by Crippen LogP contribution is 2.34. The van der Waals surface area contributed by atoms with Crippen molar-refractivity contribution in [1.29, 1.82) is 0 Å².